The van der Waals surface area contributed by atoms with Crippen molar-refractivity contribution in [3.05, 3.63) is 40.1 Å². The van der Waals surface area contributed by atoms with Gasteiger partial charge < -0.3 is 5.32 Å². The van der Waals surface area contributed by atoms with E-state index >= 15 is 0 Å². The SMILES string of the molecule is CCCNC(c1ncc(C)cn1)c1c(Br)cnn1C. The molecular weight excluding hydrogens is 306 g/mol. The fourth-order valence-corrected chi connectivity index (χ4v) is 2.47. The van der Waals surface area contributed by atoms with Gasteiger partial charge in [0.05, 0.1) is 16.4 Å². The summed E-state index contributed by atoms with van der Waals surface area (Å²) in [5, 5.41) is 7.74. The molecule has 0 radical (unpaired) electrons. The molecule has 2 heterocycles. The van der Waals surface area contributed by atoms with E-state index in [0.717, 1.165) is 34.5 Å². The predicted molar refractivity (Wildman–Crippen MR) is 77.8 cm³/mol. The second kappa shape index (κ2) is 6.25. The molecule has 1 unspecified atom stereocenters. The second-order valence-corrected chi connectivity index (χ2v) is 5.36. The number of hydrogen-bond donors (Lipinski definition) is 1. The van der Waals surface area contributed by atoms with Crippen LogP contribution < -0.4 is 5.32 Å². The summed E-state index contributed by atoms with van der Waals surface area (Å²) in [6.45, 7) is 5.02. The van der Waals surface area contributed by atoms with E-state index in [-0.39, 0.29) is 6.04 Å². The molecule has 2 aromatic heterocycles. The predicted octanol–water partition coefficient (Wildman–Crippen LogP) is 2.37. The molecule has 0 saturated heterocycles. The number of nitrogens with one attached hydrogen (secondary N) is 1. The number of nitrogens with zero attached hydrogens (tertiary/aromatic N) is 4. The summed E-state index contributed by atoms with van der Waals surface area (Å²) in [6.07, 6.45) is 6.53. The molecule has 19 heavy (non-hydrogen) atoms. The van der Waals surface area contributed by atoms with E-state index in [0.29, 0.717) is 0 Å². The summed E-state index contributed by atoms with van der Waals surface area (Å²) in [4.78, 5) is 8.87. The number of rotatable bonds is 5. The third-order valence-electron chi connectivity index (χ3n) is 2.87. The van der Waals surface area contributed by atoms with E-state index in [2.05, 4.69) is 43.2 Å². The molecule has 1 atom stereocenters. The lowest BCUT2D eigenvalue weighted by molar-refractivity contribution is 0.530. The van der Waals surface area contributed by atoms with Gasteiger partial charge in [0.2, 0.25) is 0 Å². The van der Waals surface area contributed by atoms with Crippen LogP contribution in [0.4, 0.5) is 0 Å². The van der Waals surface area contributed by atoms with Crippen molar-refractivity contribution in [1.29, 1.82) is 0 Å². The number of hydrogen-bond acceptors (Lipinski definition) is 4. The zero-order valence-electron chi connectivity index (χ0n) is 11.4. The lowest BCUT2D eigenvalue weighted by Crippen LogP contribution is -2.27. The minimum atomic E-state index is -0.0533. The molecule has 0 fully saturated rings. The molecule has 0 aliphatic heterocycles. The maximum absolute atomic E-state index is 4.43. The van der Waals surface area contributed by atoms with Crippen molar-refractivity contribution in [2.75, 3.05) is 6.54 Å². The Labute approximate surface area is 121 Å². The van der Waals surface area contributed by atoms with Crippen LogP contribution in [0.3, 0.4) is 0 Å². The molecule has 0 aliphatic carbocycles. The smallest absolute Gasteiger partial charge is 0.151 e. The molecule has 0 bridgehead atoms. The third kappa shape index (κ3) is 3.19. The molecule has 2 aromatic rings. The number of halogens is 1. The van der Waals surface area contributed by atoms with Gasteiger partial charge in [-0.15, -0.1) is 0 Å². The zero-order valence-corrected chi connectivity index (χ0v) is 13.0. The Kier molecular flexibility index (Phi) is 4.66. The quantitative estimate of drug-likeness (QED) is 0.917. The normalized spacial score (nSPS) is 12.6. The van der Waals surface area contributed by atoms with E-state index in [1.165, 1.54) is 0 Å². The highest BCUT2D eigenvalue weighted by molar-refractivity contribution is 9.10. The monoisotopic (exact) mass is 323 g/mol. The Morgan fingerprint density at radius 1 is 1.32 bits per heavy atom. The van der Waals surface area contributed by atoms with Gasteiger partial charge in [-0.05, 0) is 41.4 Å². The first-order valence-electron chi connectivity index (χ1n) is 6.32. The van der Waals surface area contributed by atoms with Crippen molar-refractivity contribution < 1.29 is 0 Å². The van der Waals surface area contributed by atoms with Gasteiger partial charge in [0.15, 0.2) is 5.82 Å². The molecule has 102 valence electrons. The second-order valence-electron chi connectivity index (χ2n) is 4.51. The van der Waals surface area contributed by atoms with Gasteiger partial charge in [-0.3, -0.25) is 4.68 Å². The minimum absolute atomic E-state index is 0.0533. The standard InChI is InChI=1S/C13H18BrN5/c1-4-5-15-11(12-10(14)8-18-19(12)3)13-16-6-9(2)7-17-13/h6-8,11,15H,4-5H2,1-3H3. The van der Waals surface area contributed by atoms with Crippen molar-refractivity contribution in [3.63, 3.8) is 0 Å². The third-order valence-corrected chi connectivity index (χ3v) is 3.48. The van der Waals surface area contributed by atoms with Crippen LogP contribution in [0.25, 0.3) is 0 Å². The lowest BCUT2D eigenvalue weighted by Gasteiger charge is -2.18. The molecule has 0 aromatic carbocycles. The summed E-state index contributed by atoms with van der Waals surface area (Å²) >= 11 is 3.54. The number of aromatic nitrogens is 4. The fourth-order valence-electron chi connectivity index (χ4n) is 1.90. The summed E-state index contributed by atoms with van der Waals surface area (Å²) in [7, 11) is 1.93. The summed E-state index contributed by atoms with van der Waals surface area (Å²) < 4.78 is 2.81. The van der Waals surface area contributed by atoms with E-state index in [1.807, 2.05) is 31.0 Å². The fraction of sp³-hybridized carbons (Fsp3) is 0.462. The molecule has 6 heteroatoms. The number of aryl methyl sites for hydroxylation is 2. The maximum atomic E-state index is 4.43. The summed E-state index contributed by atoms with van der Waals surface area (Å²) in [5.74, 6) is 0.767. The summed E-state index contributed by atoms with van der Waals surface area (Å²) in [6, 6.07) is -0.0533. The average Bonchev–Trinajstić information content (AvgIpc) is 2.73. The molecule has 2 rings (SSSR count). The van der Waals surface area contributed by atoms with Crippen LogP contribution in [0.2, 0.25) is 0 Å². The van der Waals surface area contributed by atoms with Crippen LogP contribution in [0.1, 0.15) is 36.5 Å². The van der Waals surface area contributed by atoms with Crippen LogP contribution in [-0.4, -0.2) is 26.3 Å². The highest BCUT2D eigenvalue weighted by atomic mass is 79.9. The summed E-state index contributed by atoms with van der Waals surface area (Å²) in [5.41, 5.74) is 2.10. The highest BCUT2D eigenvalue weighted by Crippen LogP contribution is 2.26. The van der Waals surface area contributed by atoms with Crippen LogP contribution in [0, 0.1) is 6.92 Å². The Hall–Kier alpha value is -1.27. The minimum Gasteiger partial charge on any atom is -0.302 e. The van der Waals surface area contributed by atoms with E-state index in [4.69, 9.17) is 0 Å². The lowest BCUT2D eigenvalue weighted by atomic mass is 10.2. The van der Waals surface area contributed by atoms with Crippen molar-refractivity contribution >= 4 is 15.9 Å². The average molecular weight is 324 g/mol. The van der Waals surface area contributed by atoms with E-state index in [1.54, 1.807) is 6.20 Å². The Morgan fingerprint density at radius 3 is 2.53 bits per heavy atom. The van der Waals surface area contributed by atoms with Gasteiger partial charge in [-0.1, -0.05) is 6.92 Å². The van der Waals surface area contributed by atoms with Crippen molar-refractivity contribution in [1.82, 2.24) is 25.1 Å². The Bertz CT molecular complexity index is 515. The molecule has 0 amide bonds. The molecule has 0 saturated carbocycles. The van der Waals surface area contributed by atoms with Crippen molar-refractivity contribution in [2.24, 2.45) is 7.05 Å². The first kappa shape index (κ1) is 14.1. The van der Waals surface area contributed by atoms with E-state index < -0.39 is 0 Å². The van der Waals surface area contributed by atoms with Gasteiger partial charge in [0.1, 0.15) is 6.04 Å². The first-order chi connectivity index (χ1) is 9.13. The van der Waals surface area contributed by atoms with Gasteiger partial charge in [-0.2, -0.15) is 5.10 Å². The first-order valence-corrected chi connectivity index (χ1v) is 7.12. The largest absolute Gasteiger partial charge is 0.302 e. The van der Waals surface area contributed by atoms with Crippen molar-refractivity contribution in [2.45, 2.75) is 26.3 Å². The van der Waals surface area contributed by atoms with Gasteiger partial charge in [-0.25, -0.2) is 9.97 Å². The molecular formula is C13H18BrN5. The van der Waals surface area contributed by atoms with Gasteiger partial charge in [0, 0.05) is 19.4 Å². The zero-order chi connectivity index (χ0) is 13.8. The molecule has 1 N–H and O–H groups in total. The van der Waals surface area contributed by atoms with Crippen LogP contribution in [-0.2, 0) is 7.05 Å². The van der Waals surface area contributed by atoms with Crippen LogP contribution in [0.5, 0.6) is 0 Å². The highest BCUT2D eigenvalue weighted by Gasteiger charge is 2.22. The van der Waals surface area contributed by atoms with Gasteiger partial charge >= 0.3 is 0 Å². The van der Waals surface area contributed by atoms with Crippen molar-refractivity contribution in [3.8, 4) is 0 Å². The van der Waals surface area contributed by atoms with Gasteiger partial charge in [0.25, 0.3) is 0 Å². The Morgan fingerprint density at radius 2 is 2.00 bits per heavy atom. The van der Waals surface area contributed by atoms with Crippen LogP contribution >= 0.6 is 15.9 Å². The molecule has 0 spiro atoms. The molecule has 0 aliphatic rings. The maximum Gasteiger partial charge on any atom is 0.151 e. The van der Waals surface area contributed by atoms with E-state index in [9.17, 15) is 0 Å². The Balaban J connectivity index is 2.38. The topological polar surface area (TPSA) is 55.6 Å². The molecule has 5 nitrogen and oxygen atoms in total. The van der Waals surface area contributed by atoms with Crippen LogP contribution in [0.15, 0.2) is 23.1 Å².